The molecule has 0 spiro atoms. The summed E-state index contributed by atoms with van der Waals surface area (Å²) in [5.41, 5.74) is 1.86. The maximum atomic E-state index is 11.9. The smallest absolute Gasteiger partial charge is 0.309 e. The lowest BCUT2D eigenvalue weighted by atomic mass is 10.1. The molecule has 0 aliphatic rings. The van der Waals surface area contributed by atoms with E-state index in [1.54, 1.807) is 20.3 Å². The van der Waals surface area contributed by atoms with Crippen LogP contribution < -0.4 is 20.1 Å². The third kappa shape index (κ3) is 5.53. The molecule has 0 saturated heterocycles. The monoisotopic (exact) mass is 342 g/mol. The lowest BCUT2D eigenvalue weighted by Gasteiger charge is -2.10. The van der Waals surface area contributed by atoms with Gasteiger partial charge in [-0.3, -0.25) is 9.59 Å². The summed E-state index contributed by atoms with van der Waals surface area (Å²) in [5.74, 6) is 0.135. The number of hydrogen-bond acceptors (Lipinski definition) is 4. The van der Waals surface area contributed by atoms with Gasteiger partial charge in [-0.1, -0.05) is 30.3 Å². The average Bonchev–Trinajstić information content (AvgIpc) is 2.66. The molecular formula is C19H22N2O4. The Labute approximate surface area is 147 Å². The number of ether oxygens (including phenoxy) is 2. The molecule has 0 aliphatic heterocycles. The first-order valence-electron chi connectivity index (χ1n) is 7.95. The van der Waals surface area contributed by atoms with Crippen molar-refractivity contribution in [2.24, 2.45) is 0 Å². The second-order valence-electron chi connectivity index (χ2n) is 5.35. The number of para-hydroxylation sites is 1. The molecule has 0 saturated carbocycles. The van der Waals surface area contributed by atoms with Crippen LogP contribution in [0, 0.1) is 0 Å². The predicted molar refractivity (Wildman–Crippen MR) is 94.5 cm³/mol. The third-order valence-corrected chi connectivity index (χ3v) is 3.70. The summed E-state index contributed by atoms with van der Waals surface area (Å²) in [6.45, 7) is 0.613. The Morgan fingerprint density at radius 3 is 2.24 bits per heavy atom. The van der Waals surface area contributed by atoms with Crippen LogP contribution in [0.2, 0.25) is 0 Å². The minimum atomic E-state index is -0.666. The van der Waals surface area contributed by atoms with Crippen molar-refractivity contribution in [1.29, 1.82) is 0 Å². The van der Waals surface area contributed by atoms with E-state index in [0.717, 1.165) is 16.9 Å². The van der Waals surface area contributed by atoms with Crippen LogP contribution >= 0.6 is 0 Å². The Morgan fingerprint density at radius 2 is 1.56 bits per heavy atom. The van der Waals surface area contributed by atoms with Crippen molar-refractivity contribution in [3.8, 4) is 11.5 Å². The number of carbonyl (C=O) groups excluding carboxylic acids is 2. The largest absolute Gasteiger partial charge is 0.497 e. The maximum Gasteiger partial charge on any atom is 0.309 e. The molecule has 0 atom stereocenters. The SMILES string of the molecule is COc1ccc(CCNC(=O)C(=O)NCc2ccccc2OC)cc1. The van der Waals surface area contributed by atoms with Crippen molar-refractivity contribution in [2.75, 3.05) is 20.8 Å². The lowest BCUT2D eigenvalue weighted by Crippen LogP contribution is -2.40. The Kier molecular flexibility index (Phi) is 6.83. The average molecular weight is 342 g/mol. The minimum absolute atomic E-state index is 0.231. The molecule has 2 aromatic rings. The van der Waals surface area contributed by atoms with Crippen LogP contribution in [0.25, 0.3) is 0 Å². The van der Waals surface area contributed by atoms with Crippen molar-refractivity contribution in [3.05, 3.63) is 59.7 Å². The van der Waals surface area contributed by atoms with Gasteiger partial charge in [-0.2, -0.15) is 0 Å². The van der Waals surface area contributed by atoms with Gasteiger partial charge in [-0.05, 0) is 30.2 Å². The van der Waals surface area contributed by atoms with Crippen LogP contribution in [-0.4, -0.2) is 32.6 Å². The summed E-state index contributed by atoms with van der Waals surface area (Å²) < 4.78 is 10.3. The Balaban J connectivity index is 1.75. The van der Waals surface area contributed by atoms with Gasteiger partial charge in [0.05, 0.1) is 14.2 Å². The fraction of sp³-hybridized carbons (Fsp3) is 0.263. The molecule has 0 fully saturated rings. The normalized spacial score (nSPS) is 10.0. The Bertz CT molecular complexity index is 714. The second kappa shape index (κ2) is 9.32. The van der Waals surface area contributed by atoms with Crippen molar-refractivity contribution in [1.82, 2.24) is 10.6 Å². The highest BCUT2D eigenvalue weighted by molar-refractivity contribution is 6.35. The van der Waals surface area contributed by atoms with E-state index in [0.29, 0.717) is 18.7 Å². The first kappa shape index (κ1) is 18.3. The molecule has 0 heterocycles. The number of nitrogens with one attached hydrogen (secondary N) is 2. The van der Waals surface area contributed by atoms with Crippen molar-refractivity contribution in [2.45, 2.75) is 13.0 Å². The van der Waals surface area contributed by atoms with Crippen molar-refractivity contribution >= 4 is 11.8 Å². The van der Waals surface area contributed by atoms with Crippen LogP contribution in [0.15, 0.2) is 48.5 Å². The van der Waals surface area contributed by atoms with E-state index in [9.17, 15) is 9.59 Å². The lowest BCUT2D eigenvalue weighted by molar-refractivity contribution is -0.139. The molecule has 2 N–H and O–H groups in total. The summed E-state index contributed by atoms with van der Waals surface area (Å²) in [6, 6.07) is 14.9. The Hall–Kier alpha value is -3.02. The predicted octanol–water partition coefficient (Wildman–Crippen LogP) is 1.68. The number of carbonyl (C=O) groups is 2. The van der Waals surface area contributed by atoms with E-state index in [2.05, 4.69) is 10.6 Å². The van der Waals surface area contributed by atoms with E-state index in [4.69, 9.17) is 9.47 Å². The molecule has 2 rings (SSSR count). The zero-order chi connectivity index (χ0) is 18.1. The van der Waals surface area contributed by atoms with Gasteiger partial charge in [-0.25, -0.2) is 0 Å². The highest BCUT2D eigenvalue weighted by atomic mass is 16.5. The summed E-state index contributed by atoms with van der Waals surface area (Å²) in [4.78, 5) is 23.7. The first-order chi connectivity index (χ1) is 12.1. The molecule has 0 bridgehead atoms. The first-order valence-corrected chi connectivity index (χ1v) is 7.95. The van der Waals surface area contributed by atoms with Gasteiger partial charge in [0.2, 0.25) is 0 Å². The van der Waals surface area contributed by atoms with Crippen LogP contribution in [0.3, 0.4) is 0 Å². The van der Waals surface area contributed by atoms with Crippen LogP contribution in [0.4, 0.5) is 0 Å². The molecule has 6 nitrogen and oxygen atoms in total. The van der Waals surface area contributed by atoms with E-state index in [1.165, 1.54) is 0 Å². The Morgan fingerprint density at radius 1 is 0.880 bits per heavy atom. The molecule has 0 aromatic heterocycles. The molecule has 6 heteroatoms. The van der Waals surface area contributed by atoms with Gasteiger partial charge >= 0.3 is 11.8 Å². The number of rotatable bonds is 7. The van der Waals surface area contributed by atoms with E-state index in [-0.39, 0.29) is 6.54 Å². The summed E-state index contributed by atoms with van der Waals surface area (Å²) in [5, 5.41) is 5.20. The third-order valence-electron chi connectivity index (χ3n) is 3.70. The molecule has 2 amide bonds. The zero-order valence-electron chi connectivity index (χ0n) is 14.4. The molecule has 0 aliphatic carbocycles. The van der Waals surface area contributed by atoms with Gasteiger partial charge in [0.25, 0.3) is 0 Å². The zero-order valence-corrected chi connectivity index (χ0v) is 14.4. The quantitative estimate of drug-likeness (QED) is 0.751. The van der Waals surface area contributed by atoms with Gasteiger partial charge in [0.15, 0.2) is 0 Å². The number of amides is 2. The number of hydrogen-bond donors (Lipinski definition) is 2. The molecule has 2 aromatic carbocycles. The molecular weight excluding hydrogens is 320 g/mol. The maximum absolute atomic E-state index is 11.9. The van der Waals surface area contributed by atoms with Crippen molar-refractivity contribution < 1.29 is 19.1 Å². The highest BCUT2D eigenvalue weighted by Crippen LogP contribution is 2.16. The fourth-order valence-corrected chi connectivity index (χ4v) is 2.30. The van der Waals surface area contributed by atoms with E-state index in [1.807, 2.05) is 42.5 Å². The summed E-state index contributed by atoms with van der Waals surface area (Å²) in [6.07, 6.45) is 0.634. The molecule has 25 heavy (non-hydrogen) atoms. The second-order valence-corrected chi connectivity index (χ2v) is 5.35. The molecule has 132 valence electrons. The van der Waals surface area contributed by atoms with Crippen LogP contribution in [-0.2, 0) is 22.6 Å². The van der Waals surface area contributed by atoms with Crippen LogP contribution in [0.5, 0.6) is 11.5 Å². The van der Waals surface area contributed by atoms with Gasteiger partial charge in [-0.15, -0.1) is 0 Å². The molecule has 0 unspecified atom stereocenters. The van der Waals surface area contributed by atoms with Gasteiger partial charge in [0, 0.05) is 18.7 Å². The number of methoxy groups -OCH3 is 2. The topological polar surface area (TPSA) is 76.7 Å². The molecule has 0 radical (unpaired) electrons. The van der Waals surface area contributed by atoms with Gasteiger partial charge < -0.3 is 20.1 Å². The van der Waals surface area contributed by atoms with Crippen molar-refractivity contribution in [3.63, 3.8) is 0 Å². The van der Waals surface area contributed by atoms with Crippen LogP contribution in [0.1, 0.15) is 11.1 Å². The fourth-order valence-electron chi connectivity index (χ4n) is 2.30. The minimum Gasteiger partial charge on any atom is -0.497 e. The summed E-state index contributed by atoms with van der Waals surface area (Å²) >= 11 is 0. The van der Waals surface area contributed by atoms with Gasteiger partial charge in [0.1, 0.15) is 11.5 Å². The standard InChI is InChI=1S/C19H22N2O4/c1-24-16-9-7-14(8-10-16)11-12-20-18(22)19(23)21-13-15-5-3-4-6-17(15)25-2/h3-10H,11-13H2,1-2H3,(H,20,22)(H,21,23). The number of benzene rings is 2. The summed E-state index contributed by atoms with van der Waals surface area (Å²) in [7, 11) is 3.17. The van der Waals surface area contributed by atoms with E-state index >= 15 is 0 Å². The van der Waals surface area contributed by atoms with E-state index < -0.39 is 11.8 Å². The highest BCUT2D eigenvalue weighted by Gasteiger charge is 2.13.